The average Bonchev–Trinajstić information content (AvgIpc) is 3.40. The van der Waals surface area contributed by atoms with Gasteiger partial charge in [-0.2, -0.15) is 5.26 Å². The van der Waals surface area contributed by atoms with E-state index in [2.05, 4.69) is 11.1 Å². The molecule has 2 aromatic carbocycles. The van der Waals surface area contributed by atoms with Crippen LogP contribution >= 0.6 is 11.6 Å². The van der Waals surface area contributed by atoms with E-state index < -0.39 is 10.8 Å². The van der Waals surface area contributed by atoms with Crippen molar-refractivity contribution in [1.29, 1.82) is 5.26 Å². The highest BCUT2D eigenvalue weighted by Gasteiger charge is 2.37. The molecule has 0 aliphatic carbocycles. The summed E-state index contributed by atoms with van der Waals surface area (Å²) in [6.45, 7) is 0.621. The molecular weight excluding hydrogens is 462 g/mol. The molecular formula is C23H18ClN5O3S. The lowest BCUT2D eigenvalue weighted by Gasteiger charge is -2.34. The first kappa shape index (κ1) is 21.4. The van der Waals surface area contributed by atoms with Crippen molar-refractivity contribution < 1.29 is 13.8 Å². The van der Waals surface area contributed by atoms with E-state index in [4.69, 9.17) is 16.9 Å². The molecule has 1 fully saturated rings. The molecule has 1 unspecified atom stereocenters. The maximum Gasteiger partial charge on any atom is 0.272 e. The normalized spacial score (nSPS) is 19.9. The van der Waals surface area contributed by atoms with E-state index in [9.17, 15) is 13.8 Å². The number of imidazole rings is 1. The molecule has 5 rings (SSSR count). The average molecular weight is 480 g/mol. The van der Waals surface area contributed by atoms with Crippen LogP contribution in [0.4, 0.5) is 5.69 Å². The number of hydrogen-bond acceptors (Lipinski definition) is 5. The summed E-state index contributed by atoms with van der Waals surface area (Å²) in [6.07, 6.45) is 1.43. The Morgan fingerprint density at radius 2 is 1.97 bits per heavy atom. The molecule has 0 saturated carbocycles. The number of carbonyl (C=O) groups excluding carboxylic acids is 2. The number of carbonyl (C=O) groups is 2. The van der Waals surface area contributed by atoms with Gasteiger partial charge in [0.05, 0.1) is 40.4 Å². The fourth-order valence-corrected chi connectivity index (χ4v) is 5.79. The number of halogens is 1. The predicted molar refractivity (Wildman–Crippen MR) is 123 cm³/mol. The third-order valence-electron chi connectivity index (χ3n) is 5.86. The Hall–Kier alpha value is -3.48. The number of rotatable bonds is 3. The Morgan fingerprint density at radius 1 is 1.18 bits per heavy atom. The topological polar surface area (TPSA) is 99.3 Å². The van der Waals surface area contributed by atoms with Gasteiger partial charge >= 0.3 is 0 Å². The predicted octanol–water partition coefficient (Wildman–Crippen LogP) is 2.61. The fraction of sp³-hybridized carbons (Fsp3) is 0.217. The number of nitriles is 1. The molecule has 2 aliphatic rings. The summed E-state index contributed by atoms with van der Waals surface area (Å²) >= 11 is 6.05. The van der Waals surface area contributed by atoms with Crippen LogP contribution in [0.3, 0.4) is 0 Å². The van der Waals surface area contributed by atoms with Crippen LogP contribution in [-0.2, 0) is 15.6 Å². The van der Waals surface area contributed by atoms with Gasteiger partial charge in [0.1, 0.15) is 12.2 Å². The Balaban J connectivity index is 1.40. The zero-order valence-corrected chi connectivity index (χ0v) is 18.9. The molecule has 10 heteroatoms. The lowest BCUT2D eigenvalue weighted by atomic mass is 10.1. The van der Waals surface area contributed by atoms with Crippen LogP contribution in [0.15, 0.2) is 59.9 Å². The van der Waals surface area contributed by atoms with Crippen LogP contribution in [0.25, 0.3) is 0 Å². The molecule has 2 aliphatic heterocycles. The van der Waals surface area contributed by atoms with E-state index in [0.717, 1.165) is 5.56 Å². The minimum Gasteiger partial charge on any atom is -0.326 e. The van der Waals surface area contributed by atoms with Crippen molar-refractivity contribution in [3.63, 3.8) is 0 Å². The number of nitrogens with zero attached hydrogens (tertiary/aromatic N) is 5. The quantitative estimate of drug-likeness (QED) is 0.575. The molecule has 1 aromatic heterocycles. The van der Waals surface area contributed by atoms with Gasteiger partial charge in [-0.15, -0.1) is 0 Å². The van der Waals surface area contributed by atoms with E-state index in [0.29, 0.717) is 46.0 Å². The van der Waals surface area contributed by atoms with Gasteiger partial charge in [-0.1, -0.05) is 29.8 Å². The first-order valence-corrected chi connectivity index (χ1v) is 12.0. The van der Waals surface area contributed by atoms with Crippen molar-refractivity contribution in [1.82, 2.24) is 14.5 Å². The van der Waals surface area contributed by atoms with E-state index in [1.165, 1.54) is 11.1 Å². The second-order valence-corrected chi connectivity index (χ2v) is 9.64. The minimum absolute atomic E-state index is 0.0729. The molecule has 3 aromatic rings. The summed E-state index contributed by atoms with van der Waals surface area (Å²) < 4.78 is 14.3. The van der Waals surface area contributed by atoms with Gasteiger partial charge in [-0.05, 0) is 35.9 Å². The van der Waals surface area contributed by atoms with E-state index >= 15 is 0 Å². The number of hydrogen-bond donors (Lipinski definition) is 0. The van der Waals surface area contributed by atoms with Crippen LogP contribution < -0.4 is 4.90 Å². The van der Waals surface area contributed by atoms with Gasteiger partial charge in [0.25, 0.3) is 5.91 Å². The number of amides is 2. The number of anilines is 1. The minimum atomic E-state index is -1.35. The van der Waals surface area contributed by atoms with Crippen LogP contribution in [0, 0.1) is 11.3 Å². The van der Waals surface area contributed by atoms with Crippen molar-refractivity contribution >= 4 is 39.9 Å². The highest BCUT2D eigenvalue weighted by Crippen LogP contribution is 2.33. The highest BCUT2D eigenvalue weighted by atomic mass is 35.5. The summed E-state index contributed by atoms with van der Waals surface area (Å²) in [6, 6.07) is 15.8. The number of fused-ring (bicyclic) bond motifs is 1. The Labute approximate surface area is 197 Å². The van der Waals surface area contributed by atoms with Gasteiger partial charge in [0.15, 0.2) is 5.16 Å². The molecule has 0 spiro atoms. The van der Waals surface area contributed by atoms with Crippen LogP contribution in [0.5, 0.6) is 0 Å². The zero-order valence-electron chi connectivity index (χ0n) is 17.3. The molecule has 1 saturated heterocycles. The van der Waals surface area contributed by atoms with E-state index in [1.54, 1.807) is 51.9 Å². The molecule has 0 N–H and O–H groups in total. The largest absolute Gasteiger partial charge is 0.326 e. The van der Waals surface area contributed by atoms with Crippen LogP contribution in [0.1, 0.15) is 27.7 Å². The van der Waals surface area contributed by atoms with Crippen molar-refractivity contribution in [2.75, 3.05) is 30.3 Å². The maximum absolute atomic E-state index is 13.4. The summed E-state index contributed by atoms with van der Waals surface area (Å²) in [7, 11) is -1.35. The van der Waals surface area contributed by atoms with E-state index in [-0.39, 0.29) is 24.4 Å². The molecule has 33 heavy (non-hydrogen) atoms. The summed E-state index contributed by atoms with van der Waals surface area (Å²) in [5, 5.41) is 9.93. The standard InChI is InChI=1S/C23H18ClN5O3S/c24-17-2-1-3-18(10-17)28-9-8-27(13-21(28)30)22(31)19-12-26-23-29(19)20(14-33(23)32)16-6-4-15(11-25)5-7-16/h1-7,10,12,20H,8-9,13-14H2/t20-,33?/m0/s1. The molecule has 2 atom stereocenters. The summed E-state index contributed by atoms with van der Waals surface area (Å²) in [5.41, 5.74) is 2.36. The molecule has 8 nitrogen and oxygen atoms in total. The third kappa shape index (κ3) is 3.81. The molecule has 0 radical (unpaired) electrons. The summed E-state index contributed by atoms with van der Waals surface area (Å²) in [5.74, 6) is -0.229. The molecule has 3 heterocycles. The summed E-state index contributed by atoms with van der Waals surface area (Å²) in [4.78, 5) is 33.5. The van der Waals surface area contributed by atoms with Crippen molar-refractivity contribution in [2.45, 2.75) is 11.2 Å². The molecule has 0 bridgehead atoms. The lowest BCUT2D eigenvalue weighted by Crippen LogP contribution is -2.52. The van der Waals surface area contributed by atoms with Crippen molar-refractivity contribution in [3.8, 4) is 6.07 Å². The number of aromatic nitrogens is 2. The highest BCUT2D eigenvalue weighted by molar-refractivity contribution is 7.85. The maximum atomic E-state index is 13.4. The van der Waals surface area contributed by atoms with Gasteiger partial charge in [-0.25, -0.2) is 4.98 Å². The Kier molecular flexibility index (Phi) is 5.48. The first-order chi connectivity index (χ1) is 16.0. The second-order valence-electron chi connectivity index (χ2n) is 7.81. The smallest absolute Gasteiger partial charge is 0.272 e. The zero-order chi connectivity index (χ0) is 23.1. The van der Waals surface area contributed by atoms with Gasteiger partial charge in [-0.3, -0.25) is 13.8 Å². The SMILES string of the molecule is N#Cc1ccc([C@@H]2CS(=O)c3ncc(C(=O)N4CCN(c5cccc(Cl)c5)C(=O)C4)n32)cc1. The van der Waals surface area contributed by atoms with Gasteiger partial charge in [0.2, 0.25) is 5.91 Å². The van der Waals surface area contributed by atoms with Crippen LogP contribution in [-0.4, -0.2) is 55.9 Å². The fourth-order valence-electron chi connectivity index (χ4n) is 4.21. The lowest BCUT2D eigenvalue weighted by molar-refractivity contribution is -0.120. The second kappa shape index (κ2) is 8.46. The molecule has 166 valence electrons. The first-order valence-electron chi connectivity index (χ1n) is 10.3. The van der Waals surface area contributed by atoms with Gasteiger partial charge in [0, 0.05) is 23.8 Å². The number of piperazine rings is 1. The van der Waals surface area contributed by atoms with Crippen molar-refractivity contribution in [2.24, 2.45) is 0 Å². The number of benzene rings is 2. The van der Waals surface area contributed by atoms with E-state index in [1.807, 2.05) is 6.07 Å². The monoisotopic (exact) mass is 479 g/mol. The van der Waals surface area contributed by atoms with Gasteiger partial charge < -0.3 is 14.4 Å². The third-order valence-corrected chi connectivity index (χ3v) is 7.42. The van der Waals surface area contributed by atoms with Crippen molar-refractivity contribution in [3.05, 3.63) is 76.6 Å². The Morgan fingerprint density at radius 3 is 2.67 bits per heavy atom. The Bertz CT molecular complexity index is 1330. The van der Waals surface area contributed by atoms with Crippen LogP contribution in [0.2, 0.25) is 5.02 Å². The molecule has 2 amide bonds.